The smallest absolute Gasteiger partial charge is 0.306 e. The number of rotatable bonds is 7. The van der Waals surface area contributed by atoms with E-state index in [-0.39, 0.29) is 24.8 Å². The molecule has 0 saturated carbocycles. The van der Waals surface area contributed by atoms with Crippen LogP contribution in [0, 0.1) is 0 Å². The number of benzene rings is 3. The largest absolute Gasteiger partial charge is 0.497 e. The van der Waals surface area contributed by atoms with Gasteiger partial charge in [-0.3, -0.25) is 9.59 Å². The number of carbonyl (C=O) groups is 2. The fraction of sp³-hybridized carbons (Fsp3) is 0.182. The maximum Gasteiger partial charge on any atom is 0.306 e. The quantitative estimate of drug-likeness (QED) is 0.474. The van der Waals surface area contributed by atoms with Gasteiger partial charge in [-0.25, -0.2) is 0 Å². The fourth-order valence-electron chi connectivity index (χ4n) is 2.72. The summed E-state index contributed by atoms with van der Waals surface area (Å²) >= 11 is 0. The third-order valence-corrected chi connectivity index (χ3v) is 4.19. The van der Waals surface area contributed by atoms with E-state index in [1.54, 1.807) is 19.2 Å². The normalized spacial score (nSPS) is 10.5. The van der Waals surface area contributed by atoms with E-state index >= 15 is 0 Å². The van der Waals surface area contributed by atoms with Crippen LogP contribution >= 0.6 is 0 Å². The SMILES string of the molecule is COc1ccc2cc(C(=O)COC(=O)CCc3ccccc3)ccc2c1. The van der Waals surface area contributed by atoms with Crippen molar-refractivity contribution in [3.8, 4) is 5.75 Å². The van der Waals surface area contributed by atoms with E-state index in [1.807, 2.05) is 54.6 Å². The molecule has 26 heavy (non-hydrogen) atoms. The maximum atomic E-state index is 12.3. The molecule has 0 aliphatic heterocycles. The average molecular weight is 348 g/mol. The summed E-state index contributed by atoms with van der Waals surface area (Å²) in [6.07, 6.45) is 0.862. The van der Waals surface area contributed by atoms with Crippen molar-refractivity contribution < 1.29 is 19.1 Å². The van der Waals surface area contributed by atoms with Crippen molar-refractivity contribution in [1.82, 2.24) is 0 Å². The van der Waals surface area contributed by atoms with Crippen molar-refractivity contribution in [3.05, 3.63) is 77.9 Å². The molecule has 3 rings (SSSR count). The van der Waals surface area contributed by atoms with Crippen LogP contribution in [-0.2, 0) is 16.0 Å². The van der Waals surface area contributed by atoms with Crippen LogP contribution < -0.4 is 4.74 Å². The number of hydrogen-bond acceptors (Lipinski definition) is 4. The van der Waals surface area contributed by atoms with Gasteiger partial charge in [0.2, 0.25) is 0 Å². The summed E-state index contributed by atoms with van der Waals surface area (Å²) < 4.78 is 10.3. The van der Waals surface area contributed by atoms with E-state index in [1.165, 1.54) is 0 Å². The van der Waals surface area contributed by atoms with Crippen LogP contribution in [-0.4, -0.2) is 25.5 Å². The van der Waals surface area contributed by atoms with Crippen LogP contribution in [0.2, 0.25) is 0 Å². The monoisotopic (exact) mass is 348 g/mol. The second kappa shape index (κ2) is 8.30. The standard InChI is InChI=1S/C22H20O4/c1-25-20-11-10-17-13-19(9-8-18(17)14-20)21(23)15-26-22(24)12-7-16-5-3-2-4-6-16/h2-6,8-11,13-14H,7,12,15H2,1H3. The van der Waals surface area contributed by atoms with E-state index in [0.29, 0.717) is 12.0 Å². The van der Waals surface area contributed by atoms with Gasteiger partial charge >= 0.3 is 5.97 Å². The number of carbonyl (C=O) groups excluding carboxylic acids is 2. The molecule has 0 fully saturated rings. The Balaban J connectivity index is 1.56. The highest BCUT2D eigenvalue weighted by Crippen LogP contribution is 2.22. The first kappa shape index (κ1) is 17.7. The Kier molecular flexibility index (Phi) is 5.64. The zero-order valence-corrected chi connectivity index (χ0v) is 14.6. The van der Waals surface area contributed by atoms with Crippen molar-refractivity contribution in [1.29, 1.82) is 0 Å². The molecule has 0 amide bonds. The number of ketones is 1. The number of Topliss-reactive ketones (excluding diaryl/α,β-unsaturated/α-hetero) is 1. The summed E-state index contributed by atoms with van der Waals surface area (Å²) in [4.78, 5) is 24.1. The van der Waals surface area contributed by atoms with Gasteiger partial charge in [0.05, 0.1) is 7.11 Å². The number of fused-ring (bicyclic) bond motifs is 1. The Labute approximate surface area is 152 Å². The molecule has 0 atom stereocenters. The van der Waals surface area contributed by atoms with Gasteiger partial charge in [0.15, 0.2) is 12.4 Å². The molecule has 4 heteroatoms. The number of methoxy groups -OCH3 is 1. The van der Waals surface area contributed by atoms with Crippen LogP contribution in [0.3, 0.4) is 0 Å². The third kappa shape index (κ3) is 4.48. The third-order valence-electron chi connectivity index (χ3n) is 4.19. The fourth-order valence-corrected chi connectivity index (χ4v) is 2.72. The van der Waals surface area contributed by atoms with Gasteiger partial charge in [-0.05, 0) is 41.0 Å². The number of aryl methyl sites for hydroxylation is 1. The van der Waals surface area contributed by atoms with Crippen LogP contribution in [0.4, 0.5) is 0 Å². The van der Waals surface area contributed by atoms with E-state index in [9.17, 15) is 9.59 Å². The predicted molar refractivity (Wildman–Crippen MR) is 101 cm³/mol. The van der Waals surface area contributed by atoms with E-state index < -0.39 is 0 Å². The summed E-state index contributed by atoms with van der Waals surface area (Å²) in [5.41, 5.74) is 1.60. The van der Waals surface area contributed by atoms with Crippen molar-refractivity contribution in [2.75, 3.05) is 13.7 Å². The minimum absolute atomic E-state index is 0.212. The highest BCUT2D eigenvalue weighted by molar-refractivity contribution is 6.01. The van der Waals surface area contributed by atoms with E-state index in [0.717, 1.165) is 22.1 Å². The van der Waals surface area contributed by atoms with Crippen LogP contribution in [0.1, 0.15) is 22.3 Å². The Hall–Kier alpha value is -3.14. The molecule has 3 aromatic rings. The first-order chi connectivity index (χ1) is 12.7. The molecule has 3 aromatic carbocycles. The van der Waals surface area contributed by atoms with Gasteiger partial charge in [-0.2, -0.15) is 0 Å². The highest BCUT2D eigenvalue weighted by Gasteiger charge is 2.11. The topological polar surface area (TPSA) is 52.6 Å². The molecule has 0 aliphatic rings. The van der Waals surface area contributed by atoms with E-state index in [4.69, 9.17) is 9.47 Å². The van der Waals surface area contributed by atoms with Gasteiger partial charge in [0, 0.05) is 12.0 Å². The highest BCUT2D eigenvalue weighted by atomic mass is 16.5. The minimum Gasteiger partial charge on any atom is -0.497 e. The Morgan fingerprint density at radius 3 is 2.38 bits per heavy atom. The van der Waals surface area contributed by atoms with Crippen molar-refractivity contribution in [3.63, 3.8) is 0 Å². The van der Waals surface area contributed by atoms with Gasteiger partial charge in [-0.15, -0.1) is 0 Å². The Morgan fingerprint density at radius 2 is 1.62 bits per heavy atom. The summed E-state index contributed by atoms with van der Waals surface area (Å²) in [5, 5.41) is 1.92. The molecule has 0 heterocycles. The van der Waals surface area contributed by atoms with Crippen LogP contribution in [0.15, 0.2) is 66.7 Å². The first-order valence-electron chi connectivity index (χ1n) is 8.46. The summed E-state index contributed by atoms with van der Waals surface area (Å²) in [6.45, 7) is -0.241. The second-order valence-electron chi connectivity index (χ2n) is 6.00. The molecule has 0 radical (unpaired) electrons. The van der Waals surface area contributed by atoms with Crippen molar-refractivity contribution in [2.45, 2.75) is 12.8 Å². The number of ether oxygens (including phenoxy) is 2. The second-order valence-corrected chi connectivity index (χ2v) is 6.00. The molecule has 0 aromatic heterocycles. The summed E-state index contributed by atoms with van der Waals surface area (Å²) in [7, 11) is 1.62. The molecule has 0 bridgehead atoms. The molecular formula is C22H20O4. The first-order valence-corrected chi connectivity index (χ1v) is 8.46. The lowest BCUT2D eigenvalue weighted by atomic mass is 10.0. The Morgan fingerprint density at radius 1 is 0.885 bits per heavy atom. The number of esters is 1. The predicted octanol–water partition coefficient (Wildman–Crippen LogP) is 4.21. The molecule has 0 unspecified atom stereocenters. The lowest BCUT2D eigenvalue weighted by Gasteiger charge is -2.07. The zero-order valence-electron chi connectivity index (χ0n) is 14.6. The number of hydrogen-bond donors (Lipinski definition) is 0. The van der Waals surface area contributed by atoms with Gasteiger partial charge < -0.3 is 9.47 Å². The van der Waals surface area contributed by atoms with Crippen molar-refractivity contribution in [2.24, 2.45) is 0 Å². The maximum absolute atomic E-state index is 12.3. The van der Waals surface area contributed by atoms with Gasteiger partial charge in [0.25, 0.3) is 0 Å². The lowest BCUT2D eigenvalue weighted by Crippen LogP contribution is -2.14. The molecule has 4 nitrogen and oxygen atoms in total. The minimum atomic E-state index is -0.368. The van der Waals surface area contributed by atoms with Crippen LogP contribution in [0.5, 0.6) is 5.75 Å². The zero-order chi connectivity index (χ0) is 18.4. The van der Waals surface area contributed by atoms with Crippen molar-refractivity contribution >= 4 is 22.5 Å². The molecule has 0 saturated heterocycles. The molecule has 132 valence electrons. The van der Waals surface area contributed by atoms with Crippen LogP contribution in [0.25, 0.3) is 10.8 Å². The Bertz CT molecular complexity index is 916. The molecule has 0 spiro atoms. The van der Waals surface area contributed by atoms with E-state index in [2.05, 4.69) is 0 Å². The summed E-state index contributed by atoms with van der Waals surface area (Å²) in [6, 6.07) is 20.8. The molecular weight excluding hydrogens is 328 g/mol. The van der Waals surface area contributed by atoms with Gasteiger partial charge in [0.1, 0.15) is 5.75 Å². The van der Waals surface area contributed by atoms with Gasteiger partial charge in [-0.1, -0.05) is 48.5 Å². The summed E-state index contributed by atoms with van der Waals surface area (Å²) in [5.74, 6) is 0.187. The lowest BCUT2D eigenvalue weighted by molar-refractivity contribution is -0.142. The average Bonchev–Trinajstić information content (AvgIpc) is 2.70. The molecule has 0 aliphatic carbocycles. The molecule has 0 N–H and O–H groups in total.